The lowest BCUT2D eigenvalue weighted by molar-refractivity contribution is 0.0771. The molecule has 0 amide bonds. The van der Waals surface area contributed by atoms with E-state index >= 15 is 0 Å². The highest BCUT2D eigenvalue weighted by Gasteiger charge is 2.14. The molecule has 0 unspecified atom stereocenters. The topological polar surface area (TPSA) is 34.4 Å². The fourth-order valence-corrected chi connectivity index (χ4v) is 2.28. The first-order valence-electron chi connectivity index (χ1n) is 5.00. The quantitative estimate of drug-likeness (QED) is 0.919. The van der Waals surface area contributed by atoms with Gasteiger partial charge in [0.2, 0.25) is 0 Å². The first-order valence-corrected chi connectivity index (χ1v) is 6.59. The van der Waals surface area contributed by atoms with Gasteiger partial charge in [-0.3, -0.25) is 0 Å². The second kappa shape index (κ2) is 5.48. The van der Waals surface area contributed by atoms with Crippen LogP contribution in [0.1, 0.15) is 18.6 Å². The summed E-state index contributed by atoms with van der Waals surface area (Å²) in [7, 11) is 0. The van der Waals surface area contributed by atoms with Crippen molar-refractivity contribution in [3.8, 4) is 0 Å². The van der Waals surface area contributed by atoms with Gasteiger partial charge in [0.15, 0.2) is 4.67 Å². The molecular weight excluding hydrogens is 326 g/mol. The molecule has 5 heteroatoms. The molecule has 1 N–H and O–H groups in total. The Bertz CT molecular complexity index is 302. The fraction of sp³-hybridized carbons (Fsp3) is 0.600. The summed E-state index contributed by atoms with van der Waals surface area (Å²) in [6, 6.07) is 2.54. The molecule has 0 saturated carbocycles. The lowest BCUT2D eigenvalue weighted by Crippen LogP contribution is -2.34. The van der Waals surface area contributed by atoms with Crippen molar-refractivity contribution in [2.75, 3.05) is 13.2 Å². The minimum Gasteiger partial charge on any atom is -0.452 e. The van der Waals surface area contributed by atoms with E-state index < -0.39 is 0 Å². The summed E-state index contributed by atoms with van der Waals surface area (Å²) < 4.78 is 12.5. The Morgan fingerprint density at radius 3 is 2.67 bits per heavy atom. The van der Waals surface area contributed by atoms with Crippen LogP contribution >= 0.6 is 31.9 Å². The highest BCUT2D eigenvalue weighted by molar-refractivity contribution is 9.13. The van der Waals surface area contributed by atoms with Gasteiger partial charge in [0.1, 0.15) is 5.76 Å². The average molecular weight is 339 g/mol. The molecular formula is C10H13Br2NO2. The zero-order valence-electron chi connectivity index (χ0n) is 8.26. The van der Waals surface area contributed by atoms with Crippen LogP contribution in [0.25, 0.3) is 0 Å². The predicted octanol–water partition coefficient (Wildman–Crippen LogP) is 3.07. The minimum absolute atomic E-state index is 0.557. The molecule has 2 rings (SSSR count). The summed E-state index contributed by atoms with van der Waals surface area (Å²) in [5.41, 5.74) is 0. The minimum atomic E-state index is 0.557. The Balaban J connectivity index is 1.81. The van der Waals surface area contributed by atoms with Gasteiger partial charge in [0, 0.05) is 19.3 Å². The molecule has 2 heterocycles. The van der Waals surface area contributed by atoms with Crippen LogP contribution in [-0.2, 0) is 11.3 Å². The van der Waals surface area contributed by atoms with Crippen LogP contribution in [-0.4, -0.2) is 19.3 Å². The Labute approximate surface area is 106 Å². The van der Waals surface area contributed by atoms with Crippen LogP contribution < -0.4 is 5.32 Å². The van der Waals surface area contributed by atoms with Gasteiger partial charge in [-0.2, -0.15) is 0 Å². The Hall–Kier alpha value is 0.160. The zero-order valence-corrected chi connectivity index (χ0v) is 11.4. The van der Waals surface area contributed by atoms with Crippen LogP contribution in [0.2, 0.25) is 0 Å². The van der Waals surface area contributed by atoms with Gasteiger partial charge >= 0.3 is 0 Å². The molecule has 15 heavy (non-hydrogen) atoms. The summed E-state index contributed by atoms with van der Waals surface area (Å²) in [6.45, 7) is 2.50. The number of hydrogen-bond acceptors (Lipinski definition) is 3. The zero-order chi connectivity index (χ0) is 10.7. The van der Waals surface area contributed by atoms with E-state index in [2.05, 4.69) is 37.2 Å². The smallest absolute Gasteiger partial charge is 0.183 e. The molecule has 1 aromatic rings. The molecule has 0 spiro atoms. The predicted molar refractivity (Wildman–Crippen MR) is 64.8 cm³/mol. The van der Waals surface area contributed by atoms with Gasteiger partial charge < -0.3 is 14.5 Å². The SMILES string of the molecule is Brc1cc(CNC2CCOCC2)oc1Br. The van der Waals surface area contributed by atoms with Crippen LogP contribution in [0.3, 0.4) is 0 Å². The van der Waals surface area contributed by atoms with Crippen molar-refractivity contribution in [1.82, 2.24) is 5.32 Å². The summed E-state index contributed by atoms with van der Waals surface area (Å²) in [5, 5.41) is 3.46. The molecule has 1 aliphatic heterocycles. The highest BCUT2D eigenvalue weighted by Crippen LogP contribution is 2.26. The Morgan fingerprint density at radius 1 is 1.33 bits per heavy atom. The van der Waals surface area contributed by atoms with Crippen molar-refractivity contribution in [1.29, 1.82) is 0 Å². The van der Waals surface area contributed by atoms with E-state index in [1.165, 1.54) is 0 Å². The lowest BCUT2D eigenvalue weighted by atomic mass is 10.1. The number of rotatable bonds is 3. The average Bonchev–Trinajstić information content (AvgIpc) is 2.57. The van der Waals surface area contributed by atoms with E-state index in [9.17, 15) is 0 Å². The highest BCUT2D eigenvalue weighted by atomic mass is 79.9. The van der Waals surface area contributed by atoms with Gasteiger partial charge in [0.25, 0.3) is 0 Å². The van der Waals surface area contributed by atoms with E-state index in [0.717, 1.165) is 47.5 Å². The summed E-state index contributed by atoms with van der Waals surface area (Å²) >= 11 is 6.71. The summed E-state index contributed by atoms with van der Waals surface area (Å²) in [5.74, 6) is 0.945. The van der Waals surface area contributed by atoms with Crippen LogP contribution in [0.4, 0.5) is 0 Å². The second-order valence-corrected chi connectivity index (χ2v) is 5.18. The molecule has 0 aliphatic carbocycles. The van der Waals surface area contributed by atoms with Crippen LogP contribution in [0.5, 0.6) is 0 Å². The van der Waals surface area contributed by atoms with Crippen molar-refractivity contribution in [2.24, 2.45) is 0 Å². The normalized spacial score (nSPS) is 18.3. The third-order valence-corrected chi connectivity index (χ3v) is 4.19. The van der Waals surface area contributed by atoms with E-state index in [-0.39, 0.29) is 0 Å². The third kappa shape index (κ3) is 3.31. The number of halogens is 2. The largest absolute Gasteiger partial charge is 0.452 e. The molecule has 0 radical (unpaired) electrons. The number of ether oxygens (including phenoxy) is 1. The molecule has 0 atom stereocenters. The van der Waals surface area contributed by atoms with Crippen molar-refractivity contribution in [3.05, 3.63) is 21.0 Å². The van der Waals surface area contributed by atoms with E-state index in [4.69, 9.17) is 9.15 Å². The fourth-order valence-electron chi connectivity index (χ4n) is 1.63. The lowest BCUT2D eigenvalue weighted by Gasteiger charge is -2.22. The maximum Gasteiger partial charge on any atom is 0.183 e. The first kappa shape index (κ1) is 11.6. The van der Waals surface area contributed by atoms with E-state index in [1.807, 2.05) is 6.07 Å². The summed E-state index contributed by atoms with van der Waals surface area (Å²) in [6.07, 6.45) is 2.17. The molecule has 3 nitrogen and oxygen atoms in total. The molecule has 1 aromatic heterocycles. The Morgan fingerprint density at radius 2 is 2.07 bits per heavy atom. The van der Waals surface area contributed by atoms with Crippen molar-refractivity contribution >= 4 is 31.9 Å². The first-order chi connectivity index (χ1) is 7.25. The van der Waals surface area contributed by atoms with Gasteiger partial charge in [-0.1, -0.05) is 0 Å². The van der Waals surface area contributed by atoms with Crippen molar-refractivity contribution in [3.63, 3.8) is 0 Å². The van der Waals surface area contributed by atoms with E-state index in [1.54, 1.807) is 0 Å². The van der Waals surface area contributed by atoms with E-state index in [0.29, 0.717) is 6.04 Å². The number of nitrogens with one attached hydrogen (secondary N) is 1. The van der Waals surface area contributed by atoms with Gasteiger partial charge in [-0.05, 0) is 50.8 Å². The number of hydrogen-bond donors (Lipinski definition) is 1. The van der Waals surface area contributed by atoms with Crippen molar-refractivity contribution in [2.45, 2.75) is 25.4 Å². The van der Waals surface area contributed by atoms with Gasteiger partial charge in [-0.15, -0.1) is 0 Å². The molecule has 1 aliphatic rings. The molecule has 1 saturated heterocycles. The second-order valence-electron chi connectivity index (χ2n) is 3.60. The number of furan rings is 1. The molecule has 0 bridgehead atoms. The van der Waals surface area contributed by atoms with Gasteiger partial charge in [-0.25, -0.2) is 0 Å². The standard InChI is InChI=1S/C10H13Br2NO2/c11-9-5-8(15-10(9)12)6-13-7-1-3-14-4-2-7/h5,7,13H,1-4,6H2. The molecule has 0 aromatic carbocycles. The maximum absolute atomic E-state index is 5.48. The van der Waals surface area contributed by atoms with Crippen LogP contribution in [0, 0.1) is 0 Å². The monoisotopic (exact) mass is 337 g/mol. The third-order valence-electron chi connectivity index (χ3n) is 2.48. The van der Waals surface area contributed by atoms with Gasteiger partial charge in [0.05, 0.1) is 11.0 Å². The molecule has 1 fully saturated rings. The maximum atomic E-state index is 5.48. The van der Waals surface area contributed by atoms with Crippen LogP contribution in [0.15, 0.2) is 19.6 Å². The van der Waals surface area contributed by atoms with Crippen molar-refractivity contribution < 1.29 is 9.15 Å². The summed E-state index contributed by atoms with van der Waals surface area (Å²) in [4.78, 5) is 0. The Kier molecular flexibility index (Phi) is 4.25. The molecule has 84 valence electrons.